The number of ether oxygens (including phenoxy) is 1. The summed E-state index contributed by atoms with van der Waals surface area (Å²) in [6.45, 7) is 1.66. The van der Waals surface area contributed by atoms with Crippen LogP contribution in [0.15, 0.2) is 41.3 Å². The van der Waals surface area contributed by atoms with Gasteiger partial charge in [-0.2, -0.15) is 5.26 Å². The number of nitriles is 1. The summed E-state index contributed by atoms with van der Waals surface area (Å²) in [4.78, 5) is 27.1. The Bertz CT molecular complexity index is 1140. The van der Waals surface area contributed by atoms with Gasteiger partial charge >= 0.3 is 5.97 Å². The summed E-state index contributed by atoms with van der Waals surface area (Å²) in [6.07, 6.45) is 2.37. The first-order valence-corrected chi connectivity index (χ1v) is 12.5. The second-order valence-corrected chi connectivity index (χ2v) is 9.56. The Morgan fingerprint density at radius 2 is 2.15 bits per heavy atom. The number of carboxylic acids is 1. The van der Waals surface area contributed by atoms with Gasteiger partial charge < -0.3 is 20.1 Å². The third-order valence-corrected chi connectivity index (χ3v) is 7.09. The van der Waals surface area contributed by atoms with Crippen molar-refractivity contribution in [3.05, 3.63) is 47.0 Å². The molecule has 10 heteroatoms. The fourth-order valence-corrected chi connectivity index (χ4v) is 5.00. The van der Waals surface area contributed by atoms with E-state index in [1.807, 2.05) is 12.3 Å². The van der Waals surface area contributed by atoms with Crippen LogP contribution in [0.1, 0.15) is 16.8 Å². The molecule has 2 aliphatic rings. The molecule has 1 amide bonds. The molecule has 3 N–H and O–H groups in total. The van der Waals surface area contributed by atoms with Gasteiger partial charge in [-0.25, -0.2) is 4.79 Å². The fraction of sp³-hybridized carbons (Fsp3) is 0.375. The van der Waals surface area contributed by atoms with Gasteiger partial charge in [0.1, 0.15) is 12.4 Å². The van der Waals surface area contributed by atoms with Gasteiger partial charge in [-0.1, -0.05) is 11.6 Å². The number of amides is 1. The lowest BCUT2D eigenvalue weighted by Crippen LogP contribution is -2.64. The second-order valence-electron chi connectivity index (χ2n) is 8.25. The van der Waals surface area contributed by atoms with Crippen LogP contribution in [0.2, 0.25) is 5.02 Å². The number of piperidine rings is 1. The number of aromatic carboxylic acids is 1. The number of nitrogens with zero attached hydrogens (tertiary/aromatic N) is 2. The van der Waals surface area contributed by atoms with Crippen LogP contribution < -0.4 is 15.4 Å². The third-order valence-electron chi connectivity index (χ3n) is 6.15. The molecule has 3 atom stereocenters. The summed E-state index contributed by atoms with van der Waals surface area (Å²) < 4.78 is 6.05. The first-order valence-electron chi connectivity index (χ1n) is 10.9. The summed E-state index contributed by atoms with van der Waals surface area (Å²) in [7, 11) is 0. The zero-order valence-corrected chi connectivity index (χ0v) is 20.2. The van der Waals surface area contributed by atoms with Gasteiger partial charge in [-0.15, -0.1) is 11.8 Å². The molecule has 0 aliphatic carbocycles. The minimum atomic E-state index is -1.01. The highest BCUT2D eigenvalue weighted by molar-refractivity contribution is 7.98. The van der Waals surface area contributed by atoms with Gasteiger partial charge in [0.15, 0.2) is 0 Å². The van der Waals surface area contributed by atoms with E-state index >= 15 is 0 Å². The minimum Gasteiger partial charge on any atom is -0.491 e. The smallest absolute Gasteiger partial charge is 0.335 e. The number of carbonyl (C=O) groups excluding carboxylic acids is 1. The van der Waals surface area contributed by atoms with Crippen molar-refractivity contribution in [3.8, 4) is 22.9 Å². The molecule has 2 saturated heterocycles. The molecule has 178 valence electrons. The zero-order chi connectivity index (χ0) is 24.2. The fourth-order valence-electron chi connectivity index (χ4n) is 4.34. The maximum Gasteiger partial charge on any atom is 0.335 e. The van der Waals surface area contributed by atoms with Crippen LogP contribution in [0.4, 0.5) is 0 Å². The molecule has 0 bridgehead atoms. The number of fused-ring (bicyclic) bond motifs is 1. The van der Waals surface area contributed by atoms with Gasteiger partial charge in [-0.3, -0.25) is 10.1 Å². The molecule has 0 aromatic heterocycles. The van der Waals surface area contributed by atoms with E-state index < -0.39 is 5.97 Å². The monoisotopic (exact) mass is 500 g/mol. The maximum atomic E-state index is 13.0. The summed E-state index contributed by atoms with van der Waals surface area (Å²) in [5.41, 5.74) is 1.56. The molecule has 2 fully saturated rings. The van der Waals surface area contributed by atoms with Crippen LogP contribution in [0, 0.1) is 17.2 Å². The predicted molar refractivity (Wildman–Crippen MR) is 130 cm³/mol. The number of hydrogen-bond donors (Lipinski definition) is 3. The van der Waals surface area contributed by atoms with Gasteiger partial charge in [0.25, 0.3) is 0 Å². The van der Waals surface area contributed by atoms with E-state index in [1.165, 1.54) is 11.8 Å². The Kier molecular flexibility index (Phi) is 7.63. The molecule has 8 nitrogen and oxygen atoms in total. The molecule has 0 spiro atoms. The average Bonchev–Trinajstić information content (AvgIpc) is 2.85. The molecule has 2 heterocycles. The normalized spacial score (nSPS) is 22.1. The van der Waals surface area contributed by atoms with Crippen LogP contribution >= 0.6 is 23.4 Å². The van der Waals surface area contributed by atoms with Crippen molar-refractivity contribution in [2.45, 2.75) is 23.4 Å². The van der Waals surface area contributed by atoms with Crippen molar-refractivity contribution in [2.24, 2.45) is 5.92 Å². The van der Waals surface area contributed by atoms with Crippen LogP contribution in [-0.2, 0) is 4.79 Å². The van der Waals surface area contributed by atoms with Crippen LogP contribution in [0.5, 0.6) is 5.75 Å². The summed E-state index contributed by atoms with van der Waals surface area (Å²) >= 11 is 7.69. The number of benzene rings is 2. The molecule has 34 heavy (non-hydrogen) atoms. The highest BCUT2D eigenvalue weighted by atomic mass is 35.5. The summed E-state index contributed by atoms with van der Waals surface area (Å²) in [5, 5.41) is 25.7. The Balaban J connectivity index is 1.48. The van der Waals surface area contributed by atoms with Crippen molar-refractivity contribution in [3.63, 3.8) is 0 Å². The number of carboxylic acid groups (broad SMARTS) is 1. The molecule has 0 radical (unpaired) electrons. The van der Waals surface area contributed by atoms with Crippen molar-refractivity contribution < 1.29 is 19.4 Å². The van der Waals surface area contributed by atoms with Gasteiger partial charge in [0, 0.05) is 28.1 Å². The quantitative estimate of drug-likeness (QED) is 0.497. The highest BCUT2D eigenvalue weighted by Crippen LogP contribution is 2.35. The number of hydrogen-bond acceptors (Lipinski definition) is 7. The van der Waals surface area contributed by atoms with Crippen molar-refractivity contribution in [2.75, 3.05) is 32.6 Å². The lowest BCUT2D eigenvalue weighted by molar-refractivity contribution is -0.142. The Hall–Kier alpha value is -2.77. The van der Waals surface area contributed by atoms with Crippen molar-refractivity contribution in [1.29, 1.82) is 5.26 Å². The highest BCUT2D eigenvalue weighted by Gasteiger charge is 2.40. The number of halogens is 1. The number of rotatable bonds is 7. The van der Waals surface area contributed by atoms with E-state index in [9.17, 15) is 20.0 Å². The van der Waals surface area contributed by atoms with Crippen LogP contribution in [0.25, 0.3) is 11.1 Å². The topological polar surface area (TPSA) is 115 Å². The van der Waals surface area contributed by atoms with E-state index in [0.29, 0.717) is 48.1 Å². The first kappa shape index (κ1) is 24.4. The Labute approximate surface area is 207 Å². The molecule has 2 aliphatic heterocycles. The molecule has 3 unspecified atom stereocenters. The summed E-state index contributed by atoms with van der Waals surface area (Å²) in [5.74, 6) is -0.646. The van der Waals surface area contributed by atoms with Crippen LogP contribution in [0.3, 0.4) is 0 Å². The lowest BCUT2D eigenvalue weighted by Gasteiger charge is -2.42. The first-order chi connectivity index (χ1) is 16.4. The van der Waals surface area contributed by atoms with Crippen molar-refractivity contribution in [1.82, 2.24) is 15.5 Å². The zero-order valence-electron chi connectivity index (χ0n) is 18.6. The molecule has 2 aromatic rings. The van der Waals surface area contributed by atoms with Gasteiger partial charge in [0.2, 0.25) is 5.91 Å². The molecular formula is C24H25ClN4O4S. The molecule has 2 aromatic carbocycles. The summed E-state index contributed by atoms with van der Waals surface area (Å²) in [6, 6.07) is 12.3. The lowest BCUT2D eigenvalue weighted by atomic mass is 9.86. The molecule has 4 rings (SSSR count). The van der Waals surface area contributed by atoms with E-state index in [-0.39, 0.29) is 36.1 Å². The van der Waals surface area contributed by atoms with Gasteiger partial charge in [0.05, 0.1) is 36.8 Å². The average molecular weight is 501 g/mol. The minimum absolute atomic E-state index is 0.0317. The van der Waals surface area contributed by atoms with E-state index in [2.05, 4.69) is 16.7 Å². The molecule has 0 saturated carbocycles. The van der Waals surface area contributed by atoms with Gasteiger partial charge in [-0.05, 0) is 54.6 Å². The molecular weight excluding hydrogens is 476 g/mol. The van der Waals surface area contributed by atoms with Crippen LogP contribution in [-0.4, -0.2) is 66.6 Å². The van der Waals surface area contributed by atoms with E-state index in [1.54, 1.807) is 35.2 Å². The Morgan fingerprint density at radius 1 is 1.32 bits per heavy atom. The number of nitrogens with one attached hydrogen (secondary N) is 2. The second kappa shape index (κ2) is 10.7. The maximum absolute atomic E-state index is 13.0. The van der Waals surface area contributed by atoms with E-state index in [4.69, 9.17) is 16.3 Å². The predicted octanol–water partition coefficient (Wildman–Crippen LogP) is 3.07. The number of carbonyl (C=O) groups is 2. The largest absolute Gasteiger partial charge is 0.491 e. The van der Waals surface area contributed by atoms with E-state index in [0.717, 1.165) is 4.90 Å². The SMILES string of the molecule is CSc1cc(C(=O)O)cc(-c2cc(Cl)ccc2OCCN2CNC3CNC(C#N)CC3C2=O)c1. The third kappa shape index (κ3) is 5.31. The Morgan fingerprint density at radius 3 is 2.88 bits per heavy atom. The van der Waals surface area contributed by atoms with Crippen molar-refractivity contribution >= 4 is 35.2 Å². The standard InChI is InChI=1S/C24H25ClN4O4S/c1-34-18-7-14(6-15(8-18)24(31)32)19-9-16(25)2-3-22(19)33-5-4-29-13-28-21-12-27-17(11-26)10-20(21)23(29)30/h2-3,6-9,17,20-21,27-28H,4-5,10,12-13H2,1H3,(H,31,32). The number of thioether (sulfide) groups is 1.